The molecule has 0 saturated carbocycles. The lowest BCUT2D eigenvalue weighted by Crippen LogP contribution is -2.44. The molecular weight excluding hydrogens is 349 g/mol. The van der Waals surface area contributed by atoms with Crippen LogP contribution in [-0.2, 0) is 16.1 Å². The summed E-state index contributed by atoms with van der Waals surface area (Å²) < 4.78 is 15.4. The van der Waals surface area contributed by atoms with E-state index >= 15 is 0 Å². The summed E-state index contributed by atoms with van der Waals surface area (Å²) in [5, 5.41) is 10.8. The summed E-state index contributed by atoms with van der Waals surface area (Å²) in [6, 6.07) is 5.97. The maximum absolute atomic E-state index is 13.8. The summed E-state index contributed by atoms with van der Waals surface area (Å²) in [7, 11) is 0. The number of rotatable bonds is 5. The van der Waals surface area contributed by atoms with Gasteiger partial charge in [-0.1, -0.05) is 37.3 Å². The van der Waals surface area contributed by atoms with Crippen molar-refractivity contribution in [3.05, 3.63) is 41.3 Å². The van der Waals surface area contributed by atoms with Crippen LogP contribution in [0.5, 0.6) is 0 Å². The second-order valence-electron chi connectivity index (χ2n) is 7.11. The highest BCUT2D eigenvalue weighted by Gasteiger charge is 2.35. The fourth-order valence-corrected chi connectivity index (χ4v) is 3.25. The quantitative estimate of drug-likeness (QED) is 0.873. The predicted molar refractivity (Wildman–Crippen MR) is 98.5 cm³/mol. The Morgan fingerprint density at radius 1 is 1.33 bits per heavy atom. The number of hydrogen-bond acceptors (Lipinski definition) is 4. The molecule has 144 valence electrons. The van der Waals surface area contributed by atoms with Gasteiger partial charge in [-0.25, -0.2) is 9.07 Å². The number of aromatic nitrogens is 3. The first kappa shape index (κ1) is 19.0. The van der Waals surface area contributed by atoms with Gasteiger partial charge in [0.25, 0.3) is 0 Å². The first-order valence-corrected chi connectivity index (χ1v) is 9.13. The van der Waals surface area contributed by atoms with Crippen LogP contribution < -0.4 is 5.32 Å². The predicted octanol–water partition coefficient (Wildman–Crippen LogP) is 2.36. The fraction of sp³-hybridized carbons (Fsp3) is 0.474. The van der Waals surface area contributed by atoms with E-state index in [4.69, 9.17) is 0 Å². The van der Waals surface area contributed by atoms with Gasteiger partial charge in [-0.3, -0.25) is 9.59 Å². The van der Waals surface area contributed by atoms with E-state index in [2.05, 4.69) is 15.6 Å². The molecular formula is C19H24FN5O2. The van der Waals surface area contributed by atoms with Gasteiger partial charge in [-0.15, -0.1) is 5.10 Å². The van der Waals surface area contributed by atoms with E-state index in [1.54, 1.807) is 34.7 Å². The molecule has 0 spiro atoms. The van der Waals surface area contributed by atoms with Gasteiger partial charge >= 0.3 is 0 Å². The minimum Gasteiger partial charge on any atom is -0.330 e. The number of carbonyl (C=O) groups excluding carboxylic acids is 2. The minimum absolute atomic E-state index is 0.0208. The number of benzene rings is 1. The summed E-state index contributed by atoms with van der Waals surface area (Å²) in [5.41, 5.74) is 1.12. The van der Waals surface area contributed by atoms with Gasteiger partial charge in [0.05, 0.1) is 12.2 Å². The monoisotopic (exact) mass is 373 g/mol. The van der Waals surface area contributed by atoms with Crippen molar-refractivity contribution in [2.45, 2.75) is 46.2 Å². The third-order valence-corrected chi connectivity index (χ3v) is 4.83. The van der Waals surface area contributed by atoms with Crippen LogP contribution >= 0.6 is 0 Å². The third kappa shape index (κ3) is 3.99. The van der Waals surface area contributed by atoms with E-state index < -0.39 is 6.04 Å². The standard InChI is InChI=1S/C19H24FN5O2/c1-12(2)19(27)24-10-6-9-16(24)18(26)21-17-13(3)25(23-22-17)11-14-7-4-5-8-15(14)20/h4-5,7-8,12,16H,6,9-11H2,1-3H3,(H,21,26)/t16-/m0/s1. The van der Waals surface area contributed by atoms with Crippen LogP contribution in [0.2, 0.25) is 0 Å². The van der Waals surface area contributed by atoms with Crippen LogP contribution in [0.25, 0.3) is 0 Å². The van der Waals surface area contributed by atoms with Crippen LogP contribution in [-0.4, -0.2) is 44.3 Å². The van der Waals surface area contributed by atoms with E-state index in [9.17, 15) is 14.0 Å². The SMILES string of the molecule is Cc1c(NC(=O)[C@@H]2CCCN2C(=O)C(C)C)nnn1Cc1ccccc1F. The number of hydrogen-bond donors (Lipinski definition) is 1. The van der Waals surface area contributed by atoms with Gasteiger partial charge < -0.3 is 10.2 Å². The fourth-order valence-electron chi connectivity index (χ4n) is 3.25. The molecule has 1 fully saturated rings. The largest absolute Gasteiger partial charge is 0.330 e. The van der Waals surface area contributed by atoms with E-state index in [1.807, 2.05) is 13.8 Å². The average molecular weight is 373 g/mol. The molecule has 7 nitrogen and oxygen atoms in total. The molecule has 2 amide bonds. The smallest absolute Gasteiger partial charge is 0.248 e. The zero-order valence-corrected chi connectivity index (χ0v) is 15.8. The van der Waals surface area contributed by atoms with Gasteiger partial charge in [0.2, 0.25) is 11.8 Å². The Balaban J connectivity index is 1.71. The lowest BCUT2D eigenvalue weighted by Gasteiger charge is -2.25. The molecule has 0 aliphatic carbocycles. The van der Waals surface area contributed by atoms with Crippen molar-refractivity contribution >= 4 is 17.6 Å². The maximum atomic E-state index is 13.8. The molecule has 27 heavy (non-hydrogen) atoms. The number of carbonyl (C=O) groups is 2. The maximum Gasteiger partial charge on any atom is 0.248 e. The topological polar surface area (TPSA) is 80.1 Å². The number of anilines is 1. The van der Waals surface area contributed by atoms with Crippen molar-refractivity contribution in [1.29, 1.82) is 0 Å². The Hall–Kier alpha value is -2.77. The Kier molecular flexibility index (Phi) is 5.53. The summed E-state index contributed by atoms with van der Waals surface area (Å²) in [6.45, 7) is 6.24. The lowest BCUT2D eigenvalue weighted by molar-refractivity contribution is -0.139. The van der Waals surface area contributed by atoms with E-state index in [0.29, 0.717) is 30.0 Å². The third-order valence-electron chi connectivity index (χ3n) is 4.83. The van der Waals surface area contributed by atoms with Crippen molar-refractivity contribution in [3.8, 4) is 0 Å². The summed E-state index contributed by atoms with van der Waals surface area (Å²) in [4.78, 5) is 26.6. The highest BCUT2D eigenvalue weighted by Crippen LogP contribution is 2.22. The zero-order chi connectivity index (χ0) is 19.6. The normalized spacial score (nSPS) is 16.8. The number of nitrogens with one attached hydrogen (secondary N) is 1. The molecule has 1 atom stereocenters. The van der Waals surface area contributed by atoms with Crippen LogP contribution in [0.1, 0.15) is 37.9 Å². The van der Waals surface area contributed by atoms with Gasteiger partial charge in [0.1, 0.15) is 11.9 Å². The van der Waals surface area contributed by atoms with Crippen molar-refractivity contribution in [2.24, 2.45) is 5.92 Å². The molecule has 1 saturated heterocycles. The van der Waals surface area contributed by atoms with E-state index in [0.717, 1.165) is 6.42 Å². The Labute approximate surface area is 157 Å². The van der Waals surface area contributed by atoms with E-state index in [-0.39, 0.29) is 30.1 Å². The van der Waals surface area contributed by atoms with Crippen LogP contribution in [0.4, 0.5) is 10.2 Å². The highest BCUT2D eigenvalue weighted by molar-refractivity contribution is 5.97. The molecule has 1 aliphatic heterocycles. The molecule has 3 rings (SSSR count). The number of amides is 2. The first-order chi connectivity index (χ1) is 12.9. The molecule has 1 aliphatic rings. The van der Waals surface area contributed by atoms with Crippen LogP contribution in [0.15, 0.2) is 24.3 Å². The average Bonchev–Trinajstić information content (AvgIpc) is 3.25. The summed E-state index contributed by atoms with van der Waals surface area (Å²) >= 11 is 0. The van der Waals surface area contributed by atoms with Crippen molar-refractivity contribution in [2.75, 3.05) is 11.9 Å². The molecule has 2 heterocycles. The Morgan fingerprint density at radius 2 is 2.07 bits per heavy atom. The summed E-state index contributed by atoms with van der Waals surface area (Å²) in [6.07, 6.45) is 1.43. The Bertz CT molecular complexity index is 848. The lowest BCUT2D eigenvalue weighted by atomic mass is 10.1. The molecule has 0 unspecified atom stereocenters. The van der Waals surface area contributed by atoms with Gasteiger partial charge in [-0.2, -0.15) is 0 Å². The molecule has 1 aromatic carbocycles. The first-order valence-electron chi connectivity index (χ1n) is 9.13. The van der Waals surface area contributed by atoms with Crippen LogP contribution in [0.3, 0.4) is 0 Å². The zero-order valence-electron chi connectivity index (χ0n) is 15.8. The highest BCUT2D eigenvalue weighted by atomic mass is 19.1. The van der Waals surface area contributed by atoms with Crippen molar-refractivity contribution in [1.82, 2.24) is 19.9 Å². The van der Waals surface area contributed by atoms with Gasteiger partial charge in [-0.05, 0) is 25.8 Å². The molecule has 0 radical (unpaired) electrons. The Morgan fingerprint density at radius 3 is 2.78 bits per heavy atom. The second kappa shape index (κ2) is 7.85. The molecule has 0 bridgehead atoms. The summed E-state index contributed by atoms with van der Waals surface area (Å²) in [5.74, 6) is -0.413. The van der Waals surface area contributed by atoms with Gasteiger partial charge in [0.15, 0.2) is 5.82 Å². The van der Waals surface area contributed by atoms with Crippen molar-refractivity contribution in [3.63, 3.8) is 0 Å². The van der Waals surface area contributed by atoms with E-state index in [1.165, 1.54) is 6.07 Å². The van der Waals surface area contributed by atoms with Crippen LogP contribution in [0, 0.1) is 18.7 Å². The number of halogens is 1. The molecule has 1 N–H and O–H groups in total. The number of likely N-dealkylation sites (tertiary alicyclic amines) is 1. The van der Waals surface area contributed by atoms with Crippen molar-refractivity contribution < 1.29 is 14.0 Å². The second-order valence-corrected chi connectivity index (χ2v) is 7.11. The molecule has 8 heteroatoms. The molecule has 1 aromatic heterocycles. The number of nitrogens with zero attached hydrogens (tertiary/aromatic N) is 4. The minimum atomic E-state index is -0.490. The van der Waals surface area contributed by atoms with Gasteiger partial charge in [0, 0.05) is 18.0 Å². The molecule has 2 aromatic rings.